The number of nitrogen functional groups attached to an aromatic ring is 1. The molecule has 1 aromatic carbocycles. The summed E-state index contributed by atoms with van der Waals surface area (Å²) >= 11 is 0. The molecule has 0 amide bonds. The van der Waals surface area contributed by atoms with Crippen LogP contribution >= 0.6 is 0 Å². The molecule has 0 spiro atoms. The summed E-state index contributed by atoms with van der Waals surface area (Å²) in [6, 6.07) is 6.24. The minimum atomic E-state index is 0.0617. The Bertz CT molecular complexity index is 526. The zero-order chi connectivity index (χ0) is 14.1. The molecule has 0 bridgehead atoms. The van der Waals surface area contributed by atoms with Crippen molar-refractivity contribution in [1.82, 2.24) is 4.90 Å². The van der Waals surface area contributed by atoms with Crippen molar-refractivity contribution >= 4 is 17.2 Å². The summed E-state index contributed by atoms with van der Waals surface area (Å²) in [5.74, 6) is 1.93. The molecule has 1 fully saturated rings. The first-order valence-electron chi connectivity index (χ1n) is 7.60. The second-order valence-corrected chi connectivity index (χ2v) is 5.75. The topological polar surface area (TPSA) is 50.9 Å². The molecular weight excluding hydrogens is 250 g/mol. The van der Waals surface area contributed by atoms with Gasteiger partial charge in [-0.15, -0.1) is 0 Å². The van der Waals surface area contributed by atoms with E-state index in [9.17, 15) is 0 Å². The van der Waals surface area contributed by atoms with Crippen molar-refractivity contribution < 1.29 is 4.74 Å². The highest BCUT2D eigenvalue weighted by Crippen LogP contribution is 2.36. The summed E-state index contributed by atoms with van der Waals surface area (Å²) in [7, 11) is 0. The fraction of sp³-hybridized carbons (Fsp3) is 0.562. The van der Waals surface area contributed by atoms with Gasteiger partial charge in [-0.1, -0.05) is 6.92 Å². The number of benzene rings is 1. The van der Waals surface area contributed by atoms with Crippen molar-refractivity contribution in [3.05, 3.63) is 18.2 Å². The molecule has 4 nitrogen and oxygen atoms in total. The number of amidine groups is 1. The molecular formula is C16H23N3O. The molecule has 0 radical (unpaired) electrons. The van der Waals surface area contributed by atoms with Crippen molar-refractivity contribution in [2.75, 3.05) is 12.3 Å². The lowest BCUT2D eigenvalue weighted by atomic mass is 10.0. The lowest BCUT2D eigenvalue weighted by Gasteiger charge is -2.40. The second-order valence-electron chi connectivity index (χ2n) is 5.75. The maximum absolute atomic E-state index is 6.12. The Balaban J connectivity index is 1.98. The number of fused-ring (bicyclic) bond motifs is 1. The standard InChI is InChI=1S/C16H23N3O/c1-3-14-16(19-9-5-4-6-11(19)2)18-13-10-12(17)7-8-15(13)20-14/h7-8,10-11,14H,3-6,9,17H2,1-2H3. The van der Waals surface area contributed by atoms with Gasteiger partial charge in [-0.05, 0) is 50.8 Å². The van der Waals surface area contributed by atoms with Gasteiger partial charge in [-0.25, -0.2) is 4.99 Å². The Morgan fingerprint density at radius 1 is 1.40 bits per heavy atom. The van der Waals surface area contributed by atoms with Crippen molar-refractivity contribution in [2.24, 2.45) is 4.99 Å². The van der Waals surface area contributed by atoms with E-state index < -0.39 is 0 Å². The normalized spacial score (nSPS) is 25.7. The number of ether oxygens (including phenoxy) is 1. The van der Waals surface area contributed by atoms with E-state index >= 15 is 0 Å². The predicted octanol–water partition coefficient (Wildman–Crippen LogP) is 3.34. The number of nitrogens with two attached hydrogens (primary N) is 1. The van der Waals surface area contributed by atoms with E-state index in [0.29, 0.717) is 6.04 Å². The second kappa shape index (κ2) is 5.35. The molecule has 20 heavy (non-hydrogen) atoms. The Labute approximate surface area is 120 Å². The van der Waals surface area contributed by atoms with Crippen LogP contribution in [0.5, 0.6) is 5.75 Å². The molecule has 0 aromatic heterocycles. The van der Waals surface area contributed by atoms with E-state index in [-0.39, 0.29) is 6.10 Å². The Morgan fingerprint density at radius 2 is 2.25 bits per heavy atom. The van der Waals surface area contributed by atoms with E-state index in [1.807, 2.05) is 18.2 Å². The van der Waals surface area contributed by atoms with Crippen molar-refractivity contribution in [1.29, 1.82) is 0 Å². The van der Waals surface area contributed by atoms with Gasteiger partial charge < -0.3 is 15.4 Å². The predicted molar refractivity (Wildman–Crippen MR) is 82.7 cm³/mol. The Morgan fingerprint density at radius 3 is 3.00 bits per heavy atom. The quantitative estimate of drug-likeness (QED) is 0.798. The summed E-state index contributed by atoms with van der Waals surface area (Å²) < 4.78 is 6.12. The fourth-order valence-corrected chi connectivity index (χ4v) is 3.08. The maximum atomic E-state index is 6.12. The number of piperidine rings is 1. The van der Waals surface area contributed by atoms with Gasteiger partial charge in [0.1, 0.15) is 17.3 Å². The van der Waals surface area contributed by atoms with E-state index in [1.165, 1.54) is 19.3 Å². The van der Waals surface area contributed by atoms with Gasteiger partial charge in [-0.3, -0.25) is 0 Å². The number of aliphatic imine (C=N–C) groups is 1. The highest BCUT2D eigenvalue weighted by atomic mass is 16.5. The van der Waals surface area contributed by atoms with Crippen molar-refractivity contribution in [3.63, 3.8) is 0 Å². The summed E-state index contributed by atoms with van der Waals surface area (Å²) in [6.45, 7) is 5.51. The van der Waals surface area contributed by atoms with Crippen LogP contribution in [0.4, 0.5) is 11.4 Å². The minimum Gasteiger partial charge on any atom is -0.480 e. The number of likely N-dealkylation sites (tertiary alicyclic amines) is 1. The van der Waals surface area contributed by atoms with Crippen LogP contribution < -0.4 is 10.5 Å². The lowest BCUT2D eigenvalue weighted by molar-refractivity contribution is 0.196. The van der Waals surface area contributed by atoms with Crippen molar-refractivity contribution in [2.45, 2.75) is 51.7 Å². The molecule has 2 atom stereocenters. The highest BCUT2D eigenvalue weighted by Gasteiger charge is 2.31. The SMILES string of the molecule is CCC1Oc2ccc(N)cc2N=C1N1CCCCC1C. The molecule has 1 aromatic rings. The van der Waals surface area contributed by atoms with Crippen LogP contribution in [0.15, 0.2) is 23.2 Å². The summed E-state index contributed by atoms with van der Waals surface area (Å²) in [5.41, 5.74) is 7.46. The number of hydrogen-bond acceptors (Lipinski definition) is 4. The number of nitrogens with zero attached hydrogens (tertiary/aromatic N) is 2. The summed E-state index contributed by atoms with van der Waals surface area (Å²) in [4.78, 5) is 7.29. The molecule has 108 valence electrons. The molecule has 0 saturated carbocycles. The van der Waals surface area contributed by atoms with Gasteiger partial charge in [-0.2, -0.15) is 0 Å². The van der Waals surface area contributed by atoms with Crippen LogP contribution in [0.2, 0.25) is 0 Å². The third-order valence-electron chi connectivity index (χ3n) is 4.24. The van der Waals surface area contributed by atoms with Gasteiger partial charge in [0.15, 0.2) is 6.10 Å². The van der Waals surface area contributed by atoms with Crippen LogP contribution in [-0.4, -0.2) is 29.4 Å². The van der Waals surface area contributed by atoms with Crippen LogP contribution in [-0.2, 0) is 0 Å². The molecule has 0 aliphatic carbocycles. The molecule has 4 heteroatoms. The smallest absolute Gasteiger partial charge is 0.156 e. The van der Waals surface area contributed by atoms with Crippen LogP contribution in [0.3, 0.4) is 0 Å². The molecule has 2 unspecified atom stereocenters. The summed E-state index contributed by atoms with van der Waals surface area (Å²) in [5, 5.41) is 0. The minimum absolute atomic E-state index is 0.0617. The van der Waals surface area contributed by atoms with Gasteiger partial charge in [0, 0.05) is 18.3 Å². The average molecular weight is 273 g/mol. The molecule has 2 N–H and O–H groups in total. The molecule has 2 aliphatic heterocycles. The first-order valence-corrected chi connectivity index (χ1v) is 7.60. The van der Waals surface area contributed by atoms with Gasteiger partial charge in [0.25, 0.3) is 0 Å². The van der Waals surface area contributed by atoms with E-state index in [0.717, 1.165) is 35.9 Å². The Hall–Kier alpha value is -1.71. The molecule has 2 heterocycles. The van der Waals surface area contributed by atoms with Crippen molar-refractivity contribution in [3.8, 4) is 5.75 Å². The third kappa shape index (κ3) is 2.35. The first kappa shape index (κ1) is 13.3. The number of rotatable bonds is 1. The Kier molecular flexibility index (Phi) is 3.55. The highest BCUT2D eigenvalue weighted by molar-refractivity contribution is 5.92. The third-order valence-corrected chi connectivity index (χ3v) is 4.24. The van der Waals surface area contributed by atoms with E-state index in [1.54, 1.807) is 0 Å². The largest absolute Gasteiger partial charge is 0.480 e. The van der Waals surface area contributed by atoms with Gasteiger partial charge >= 0.3 is 0 Å². The fourth-order valence-electron chi connectivity index (χ4n) is 3.08. The molecule has 2 aliphatic rings. The molecule has 1 saturated heterocycles. The average Bonchev–Trinajstić information content (AvgIpc) is 2.46. The van der Waals surface area contributed by atoms with Gasteiger partial charge in [0.05, 0.1) is 0 Å². The zero-order valence-electron chi connectivity index (χ0n) is 12.3. The zero-order valence-corrected chi connectivity index (χ0v) is 12.3. The van der Waals surface area contributed by atoms with E-state index in [2.05, 4.69) is 18.7 Å². The number of anilines is 1. The lowest BCUT2D eigenvalue weighted by Crippen LogP contribution is -2.49. The van der Waals surface area contributed by atoms with Gasteiger partial charge in [0.2, 0.25) is 0 Å². The maximum Gasteiger partial charge on any atom is 0.156 e. The van der Waals surface area contributed by atoms with Crippen LogP contribution in [0.25, 0.3) is 0 Å². The molecule has 3 rings (SSSR count). The van der Waals surface area contributed by atoms with E-state index in [4.69, 9.17) is 15.5 Å². The number of hydrogen-bond donors (Lipinski definition) is 1. The van der Waals surface area contributed by atoms with Crippen LogP contribution in [0.1, 0.15) is 39.5 Å². The van der Waals surface area contributed by atoms with Crippen LogP contribution in [0, 0.1) is 0 Å². The summed E-state index contributed by atoms with van der Waals surface area (Å²) in [6.07, 6.45) is 4.78. The first-order chi connectivity index (χ1) is 9.69. The monoisotopic (exact) mass is 273 g/mol.